The Labute approximate surface area is 157 Å². The van der Waals surface area contributed by atoms with Gasteiger partial charge in [0.1, 0.15) is 0 Å². The lowest BCUT2D eigenvalue weighted by atomic mass is 10.3. The van der Waals surface area contributed by atoms with E-state index in [1.165, 1.54) is 0 Å². The third kappa shape index (κ3) is 3.64. The first-order valence-electron chi connectivity index (χ1n) is 7.62. The van der Waals surface area contributed by atoms with E-state index in [4.69, 9.17) is 0 Å². The molecule has 0 saturated carbocycles. The highest BCUT2D eigenvalue weighted by Gasteiger charge is 2.44. The number of carbonyl (C=O) groups excluding carboxylic acids is 2. The fraction of sp³-hybridized carbons (Fsp3) is 0.667. The third-order valence-electron chi connectivity index (χ3n) is 4.28. The van der Waals surface area contributed by atoms with Gasteiger partial charge in [-0.2, -0.15) is 0 Å². The lowest BCUT2D eigenvalue weighted by Crippen LogP contribution is -2.43. The Kier molecular flexibility index (Phi) is 4.36. The van der Waals surface area contributed by atoms with Crippen LogP contribution in [-0.2, 0) is 29.3 Å². The monoisotopic (exact) mass is 438 g/mol. The Morgan fingerprint density at radius 1 is 0.769 bits per heavy atom. The second-order valence-electron chi connectivity index (χ2n) is 6.38. The molecule has 0 aromatic rings. The van der Waals surface area contributed by atoms with Crippen molar-refractivity contribution in [3.05, 3.63) is 0 Å². The first-order valence-corrected chi connectivity index (χ1v) is 13.0. The normalized spacial score (nSPS) is 36.0. The summed E-state index contributed by atoms with van der Waals surface area (Å²) in [4.78, 5) is 32.3. The number of amidine groups is 2. The summed E-state index contributed by atoms with van der Waals surface area (Å²) in [6.07, 6.45) is 0. The number of hydrogen-bond acceptors (Lipinski definition) is 10. The highest BCUT2D eigenvalue weighted by Crippen LogP contribution is 2.34. The molecule has 0 unspecified atom stereocenters. The van der Waals surface area contributed by atoms with Crippen LogP contribution in [0.2, 0.25) is 0 Å². The van der Waals surface area contributed by atoms with Crippen LogP contribution in [0.5, 0.6) is 0 Å². The van der Waals surface area contributed by atoms with E-state index in [-0.39, 0.29) is 55.9 Å². The van der Waals surface area contributed by atoms with Crippen molar-refractivity contribution in [1.82, 2.24) is 10.6 Å². The van der Waals surface area contributed by atoms with Crippen LogP contribution in [0.25, 0.3) is 0 Å². The van der Waals surface area contributed by atoms with Gasteiger partial charge in [0.2, 0.25) is 0 Å². The first kappa shape index (κ1) is 18.3. The number of thioether (sulfide) groups is 2. The van der Waals surface area contributed by atoms with E-state index in [1.54, 1.807) is 0 Å². The van der Waals surface area contributed by atoms with E-state index in [2.05, 4.69) is 20.6 Å². The Hall–Kier alpha value is -1.12. The number of fused-ring (bicyclic) bond motifs is 2. The Morgan fingerprint density at radius 3 is 1.50 bits per heavy atom. The molecular formula is C12H14N4O6S4. The van der Waals surface area contributed by atoms with Crippen molar-refractivity contribution in [2.75, 3.05) is 23.0 Å². The molecule has 0 bridgehead atoms. The molecule has 10 nitrogen and oxygen atoms in total. The van der Waals surface area contributed by atoms with Gasteiger partial charge in [-0.25, -0.2) is 16.8 Å². The number of aliphatic imine (C=N–C) groups is 2. The first-order chi connectivity index (χ1) is 12.1. The summed E-state index contributed by atoms with van der Waals surface area (Å²) < 4.78 is 46.0. The summed E-state index contributed by atoms with van der Waals surface area (Å²) in [5, 5.41) is 4.77. The number of sulfone groups is 2. The van der Waals surface area contributed by atoms with Crippen molar-refractivity contribution < 1.29 is 26.4 Å². The number of hydrogen-bond donors (Lipinski definition) is 2. The quantitative estimate of drug-likeness (QED) is 0.403. The summed E-state index contributed by atoms with van der Waals surface area (Å²) in [6.45, 7) is 0. The molecule has 0 aromatic heterocycles. The second kappa shape index (κ2) is 6.21. The molecular weight excluding hydrogens is 424 g/mol. The van der Waals surface area contributed by atoms with E-state index in [9.17, 15) is 26.4 Å². The van der Waals surface area contributed by atoms with Crippen molar-refractivity contribution >= 4 is 65.3 Å². The van der Waals surface area contributed by atoms with Crippen molar-refractivity contribution in [2.45, 2.75) is 22.6 Å². The molecule has 2 N–H and O–H groups in total. The molecule has 0 spiro atoms. The Morgan fingerprint density at radius 2 is 1.15 bits per heavy atom. The van der Waals surface area contributed by atoms with Gasteiger partial charge < -0.3 is 0 Å². The maximum Gasteiger partial charge on any atom is 0.315 e. The summed E-state index contributed by atoms with van der Waals surface area (Å²) in [6, 6.07) is -0.779. The van der Waals surface area contributed by atoms with E-state index >= 15 is 0 Å². The van der Waals surface area contributed by atoms with E-state index < -0.39 is 31.5 Å². The van der Waals surface area contributed by atoms with Gasteiger partial charge in [0.25, 0.3) is 0 Å². The predicted molar refractivity (Wildman–Crippen MR) is 98.8 cm³/mol. The van der Waals surface area contributed by atoms with Crippen LogP contribution in [-0.4, -0.2) is 84.6 Å². The van der Waals surface area contributed by atoms with Gasteiger partial charge in [0.05, 0.1) is 35.1 Å². The van der Waals surface area contributed by atoms with Gasteiger partial charge in [0, 0.05) is 10.5 Å². The second-order valence-corrected chi connectivity index (χ2v) is 13.1. The smallest absolute Gasteiger partial charge is 0.297 e. The number of amides is 2. The average Bonchev–Trinajstić information content (AvgIpc) is 3.14. The van der Waals surface area contributed by atoms with Crippen LogP contribution in [0.1, 0.15) is 0 Å². The summed E-state index contributed by atoms with van der Waals surface area (Å²) in [5.41, 5.74) is 0. The van der Waals surface area contributed by atoms with Gasteiger partial charge in [-0.05, 0) is 0 Å². The van der Waals surface area contributed by atoms with E-state index in [0.717, 1.165) is 23.5 Å². The zero-order chi connectivity index (χ0) is 18.7. The van der Waals surface area contributed by atoms with Crippen molar-refractivity contribution in [3.8, 4) is 0 Å². The standard InChI is InChI=1S/C12H14N4O6S4/c17-9(15-11-13-5-1-25(19,20)3-7(5)23-11)10(18)16-12-14-6-2-26(21,22)4-8(6)24-12/h5-8H,1-4H2,(H,13,15,17)(H,14,16,18)/t5-,6+,7-,8-/m0/s1. The van der Waals surface area contributed by atoms with E-state index in [1.807, 2.05) is 0 Å². The molecule has 4 rings (SSSR count). The average molecular weight is 439 g/mol. The van der Waals surface area contributed by atoms with Crippen molar-refractivity contribution in [3.63, 3.8) is 0 Å². The highest BCUT2D eigenvalue weighted by molar-refractivity contribution is 8.15. The lowest BCUT2D eigenvalue weighted by Gasteiger charge is -2.07. The van der Waals surface area contributed by atoms with Crippen molar-refractivity contribution in [2.24, 2.45) is 9.98 Å². The zero-order valence-corrected chi connectivity index (χ0v) is 16.4. The largest absolute Gasteiger partial charge is 0.315 e. The predicted octanol–water partition coefficient (Wildman–Crippen LogP) is -2.24. The molecule has 0 radical (unpaired) electrons. The molecule has 14 heteroatoms. The molecule has 0 aliphatic carbocycles. The summed E-state index contributed by atoms with van der Waals surface area (Å²) in [5.74, 6) is -1.92. The van der Waals surface area contributed by atoms with Gasteiger partial charge in [-0.15, -0.1) is 0 Å². The third-order valence-corrected chi connectivity index (χ3v) is 10.6. The number of rotatable bonds is 0. The number of carbonyl (C=O) groups is 2. The van der Waals surface area contributed by atoms with Gasteiger partial charge in [-0.1, -0.05) is 23.5 Å². The van der Waals surface area contributed by atoms with E-state index in [0.29, 0.717) is 0 Å². The minimum absolute atomic E-state index is 0.0104. The van der Waals surface area contributed by atoms with Gasteiger partial charge >= 0.3 is 11.8 Å². The van der Waals surface area contributed by atoms with Gasteiger partial charge in [-0.3, -0.25) is 30.2 Å². The Bertz CT molecular complexity index is 878. The molecule has 4 heterocycles. The summed E-state index contributed by atoms with van der Waals surface area (Å²) >= 11 is 2.28. The van der Waals surface area contributed by atoms with Crippen LogP contribution in [0, 0.1) is 0 Å². The maximum absolute atomic E-state index is 12.0. The maximum atomic E-state index is 12.0. The van der Waals surface area contributed by atoms with Crippen LogP contribution >= 0.6 is 23.5 Å². The fourth-order valence-corrected chi connectivity index (χ4v) is 10.4. The molecule has 2 fully saturated rings. The molecule has 26 heavy (non-hydrogen) atoms. The SMILES string of the molecule is O=C(NC1=N[C@H]2CS(=O)(=O)C[C@@H]2S1)C(=O)NC1=N[C@@H]2CS(=O)(=O)C[C@@H]2S1. The molecule has 4 atom stereocenters. The minimum Gasteiger partial charge on any atom is -0.297 e. The zero-order valence-electron chi connectivity index (χ0n) is 13.1. The molecule has 4 aliphatic rings. The Balaban J connectivity index is 1.32. The number of nitrogens with zero attached hydrogens (tertiary/aromatic N) is 2. The lowest BCUT2D eigenvalue weighted by molar-refractivity contribution is -0.137. The molecule has 142 valence electrons. The van der Waals surface area contributed by atoms with Crippen LogP contribution < -0.4 is 10.6 Å². The van der Waals surface area contributed by atoms with Crippen LogP contribution in [0.3, 0.4) is 0 Å². The topological polar surface area (TPSA) is 151 Å². The number of nitrogens with one attached hydrogen (secondary N) is 2. The van der Waals surface area contributed by atoms with Gasteiger partial charge in [0.15, 0.2) is 30.0 Å². The summed E-state index contributed by atoms with van der Waals surface area (Å²) in [7, 11) is -6.17. The van der Waals surface area contributed by atoms with Crippen LogP contribution in [0.15, 0.2) is 9.98 Å². The van der Waals surface area contributed by atoms with Crippen molar-refractivity contribution in [1.29, 1.82) is 0 Å². The molecule has 2 amide bonds. The minimum atomic E-state index is -3.09. The van der Waals surface area contributed by atoms with Crippen LogP contribution in [0.4, 0.5) is 0 Å². The highest BCUT2D eigenvalue weighted by atomic mass is 32.2. The fourth-order valence-electron chi connectivity index (χ4n) is 3.14. The molecule has 4 aliphatic heterocycles. The molecule has 2 saturated heterocycles. The molecule has 0 aromatic carbocycles.